The molecule has 2 unspecified atom stereocenters. The molecule has 0 saturated carbocycles. The number of nitrogens with one attached hydrogen (secondary N) is 2. The number of amides is 2. The first kappa shape index (κ1) is 21.2. The lowest BCUT2D eigenvalue weighted by molar-refractivity contribution is -0.00761. The number of anilines is 1. The maximum Gasteiger partial charge on any atom is 0.333 e. The van der Waals surface area contributed by atoms with E-state index in [1.54, 1.807) is 0 Å². The zero-order valence-corrected chi connectivity index (χ0v) is 19.0. The predicted molar refractivity (Wildman–Crippen MR) is 115 cm³/mol. The van der Waals surface area contributed by atoms with Crippen molar-refractivity contribution in [3.63, 3.8) is 0 Å². The number of urea groups is 1. The molecule has 0 fully saturated rings. The van der Waals surface area contributed by atoms with Crippen molar-refractivity contribution < 1.29 is 22.7 Å². The van der Waals surface area contributed by atoms with Gasteiger partial charge in [-0.1, -0.05) is 6.92 Å². The highest BCUT2D eigenvalue weighted by molar-refractivity contribution is 7.90. The molecular weight excluding hydrogens is 434 g/mol. The number of hydrogen-bond donors (Lipinski definition) is 2. The van der Waals surface area contributed by atoms with E-state index in [1.807, 2.05) is 6.92 Å². The maximum absolute atomic E-state index is 12.9. The Kier molecular flexibility index (Phi) is 5.32. The van der Waals surface area contributed by atoms with Gasteiger partial charge in [-0.2, -0.15) is 5.10 Å². The molecule has 0 aromatic carbocycles. The van der Waals surface area contributed by atoms with E-state index in [0.717, 1.165) is 60.3 Å². The number of carbonyl (C=O) groups excluding carboxylic acids is 1. The third kappa shape index (κ3) is 3.62. The number of nitrogens with zero attached hydrogens (tertiary/aromatic N) is 3. The SMILES string of the molecule is CCOC1COc2c(S(=O)(=O)NC(=O)Nc3c4c(nc5c3CCC5C)CCC4)cnn2C1. The summed E-state index contributed by atoms with van der Waals surface area (Å²) in [6.45, 7) is 5.15. The van der Waals surface area contributed by atoms with Gasteiger partial charge in [-0.25, -0.2) is 22.6 Å². The first-order valence-corrected chi connectivity index (χ1v) is 12.5. The summed E-state index contributed by atoms with van der Waals surface area (Å²) in [7, 11) is -4.17. The molecule has 0 spiro atoms. The highest BCUT2D eigenvalue weighted by Gasteiger charge is 2.33. The monoisotopic (exact) mass is 461 g/mol. The Hall–Kier alpha value is -2.66. The van der Waals surface area contributed by atoms with Crippen molar-refractivity contribution >= 4 is 21.7 Å². The maximum atomic E-state index is 12.9. The summed E-state index contributed by atoms with van der Waals surface area (Å²) in [5.74, 6) is 0.445. The van der Waals surface area contributed by atoms with Crippen LogP contribution in [-0.4, -0.2) is 48.5 Å². The van der Waals surface area contributed by atoms with Crippen molar-refractivity contribution in [3.8, 4) is 5.88 Å². The van der Waals surface area contributed by atoms with Crippen LogP contribution in [0.3, 0.4) is 0 Å². The van der Waals surface area contributed by atoms with Gasteiger partial charge in [0.15, 0.2) is 4.90 Å². The molecule has 2 aromatic rings. The number of aryl methyl sites for hydroxylation is 1. The largest absolute Gasteiger partial charge is 0.474 e. The standard InChI is InChI=1S/C21H27N5O5S/c1-3-30-13-10-26-20(31-11-13)17(9-22-26)32(28,29)25-21(27)24-19-14-5-4-6-16(14)23-18-12(2)7-8-15(18)19/h9,12-13H,3-8,10-11H2,1-2H3,(H2,23,24,25,27). The quantitative estimate of drug-likeness (QED) is 0.699. The zero-order valence-electron chi connectivity index (χ0n) is 18.2. The van der Waals surface area contributed by atoms with Crippen LogP contribution in [0.15, 0.2) is 11.1 Å². The average Bonchev–Trinajstić information content (AvgIpc) is 3.46. The molecule has 32 heavy (non-hydrogen) atoms. The number of aromatic nitrogens is 3. The van der Waals surface area contributed by atoms with Crippen LogP contribution in [0.1, 0.15) is 55.1 Å². The second-order valence-corrected chi connectivity index (χ2v) is 10.2. The summed E-state index contributed by atoms with van der Waals surface area (Å²) < 4.78 is 40.6. The van der Waals surface area contributed by atoms with Crippen LogP contribution < -0.4 is 14.8 Å². The topological polar surface area (TPSA) is 124 Å². The Morgan fingerprint density at radius 3 is 2.97 bits per heavy atom. The third-order valence-electron chi connectivity index (χ3n) is 6.35. The molecule has 0 radical (unpaired) electrons. The Morgan fingerprint density at radius 1 is 1.31 bits per heavy atom. The van der Waals surface area contributed by atoms with E-state index in [2.05, 4.69) is 22.1 Å². The lowest BCUT2D eigenvalue weighted by atomic mass is 10.0. The summed E-state index contributed by atoms with van der Waals surface area (Å²) >= 11 is 0. The number of sulfonamides is 1. The van der Waals surface area contributed by atoms with E-state index in [0.29, 0.717) is 19.1 Å². The Bertz CT molecular complexity index is 1180. The van der Waals surface area contributed by atoms with E-state index in [-0.39, 0.29) is 23.5 Å². The Balaban J connectivity index is 1.37. The first-order chi connectivity index (χ1) is 15.4. The minimum atomic E-state index is -4.17. The van der Waals surface area contributed by atoms with E-state index >= 15 is 0 Å². The highest BCUT2D eigenvalue weighted by atomic mass is 32.2. The van der Waals surface area contributed by atoms with Crippen molar-refractivity contribution in [2.24, 2.45) is 0 Å². The minimum Gasteiger partial charge on any atom is -0.474 e. The van der Waals surface area contributed by atoms with Crippen LogP contribution in [-0.2, 0) is 40.6 Å². The van der Waals surface area contributed by atoms with Crippen molar-refractivity contribution in [2.75, 3.05) is 18.5 Å². The van der Waals surface area contributed by atoms with Gasteiger partial charge in [-0.05, 0) is 56.1 Å². The second-order valence-electron chi connectivity index (χ2n) is 8.51. The van der Waals surface area contributed by atoms with E-state index < -0.39 is 16.1 Å². The van der Waals surface area contributed by atoms with Crippen molar-refractivity contribution in [3.05, 3.63) is 28.7 Å². The first-order valence-electron chi connectivity index (χ1n) is 11.1. The summed E-state index contributed by atoms with van der Waals surface area (Å²) in [5, 5.41) is 6.93. The Morgan fingerprint density at radius 2 is 2.16 bits per heavy atom. The molecule has 0 saturated heterocycles. The number of rotatable bonds is 5. The molecule has 2 amide bonds. The van der Waals surface area contributed by atoms with Gasteiger partial charge in [0.1, 0.15) is 12.7 Å². The highest BCUT2D eigenvalue weighted by Crippen LogP contribution is 2.41. The summed E-state index contributed by atoms with van der Waals surface area (Å²) in [6, 6.07) is -0.796. The van der Waals surface area contributed by atoms with Gasteiger partial charge < -0.3 is 14.8 Å². The molecule has 2 aromatic heterocycles. The molecule has 5 rings (SSSR count). The van der Waals surface area contributed by atoms with Gasteiger partial charge in [-0.3, -0.25) is 4.98 Å². The lowest BCUT2D eigenvalue weighted by Gasteiger charge is -2.24. The van der Waals surface area contributed by atoms with E-state index in [1.165, 1.54) is 10.9 Å². The number of ether oxygens (including phenoxy) is 2. The van der Waals surface area contributed by atoms with Gasteiger partial charge in [0.25, 0.3) is 10.0 Å². The van der Waals surface area contributed by atoms with Crippen LogP contribution in [0.5, 0.6) is 5.88 Å². The third-order valence-corrected chi connectivity index (χ3v) is 7.66. The fraction of sp³-hybridized carbons (Fsp3) is 0.571. The second kappa shape index (κ2) is 8.04. The van der Waals surface area contributed by atoms with E-state index in [9.17, 15) is 13.2 Å². The number of carbonyl (C=O) groups is 1. The summed E-state index contributed by atoms with van der Waals surface area (Å²) in [6.07, 6.45) is 5.50. The van der Waals surface area contributed by atoms with Crippen LogP contribution in [0.2, 0.25) is 0 Å². The van der Waals surface area contributed by atoms with Gasteiger partial charge >= 0.3 is 6.03 Å². The van der Waals surface area contributed by atoms with Gasteiger partial charge in [0.05, 0.1) is 18.4 Å². The van der Waals surface area contributed by atoms with Gasteiger partial charge in [-0.15, -0.1) is 0 Å². The molecule has 2 aliphatic carbocycles. The normalized spacial score (nSPS) is 21.4. The van der Waals surface area contributed by atoms with Crippen molar-refractivity contribution in [1.82, 2.24) is 19.5 Å². The molecule has 10 nitrogen and oxygen atoms in total. The average molecular weight is 462 g/mol. The zero-order chi connectivity index (χ0) is 22.5. The van der Waals surface area contributed by atoms with Crippen LogP contribution in [0.4, 0.5) is 10.5 Å². The smallest absolute Gasteiger partial charge is 0.333 e. The van der Waals surface area contributed by atoms with Crippen LogP contribution in [0, 0.1) is 0 Å². The molecule has 172 valence electrons. The summed E-state index contributed by atoms with van der Waals surface area (Å²) in [4.78, 5) is 17.5. The molecular formula is C21H27N5O5S. The van der Waals surface area contributed by atoms with Crippen molar-refractivity contribution in [1.29, 1.82) is 0 Å². The number of hydrogen-bond acceptors (Lipinski definition) is 7. The number of pyridine rings is 1. The predicted octanol–water partition coefficient (Wildman–Crippen LogP) is 2.12. The van der Waals surface area contributed by atoms with Gasteiger partial charge in [0.2, 0.25) is 5.88 Å². The molecule has 0 bridgehead atoms. The minimum absolute atomic E-state index is 0.112. The molecule has 2 atom stereocenters. The van der Waals surface area contributed by atoms with Gasteiger partial charge in [0, 0.05) is 18.0 Å². The molecule has 2 N–H and O–H groups in total. The fourth-order valence-electron chi connectivity index (χ4n) is 4.84. The fourth-order valence-corrected chi connectivity index (χ4v) is 5.82. The van der Waals surface area contributed by atoms with Crippen LogP contribution >= 0.6 is 0 Å². The number of fused-ring (bicyclic) bond motifs is 3. The van der Waals surface area contributed by atoms with Crippen LogP contribution in [0.25, 0.3) is 0 Å². The Labute approximate surface area is 186 Å². The lowest BCUT2D eigenvalue weighted by Crippen LogP contribution is -2.36. The summed E-state index contributed by atoms with van der Waals surface area (Å²) in [5.41, 5.74) is 4.82. The van der Waals surface area contributed by atoms with E-state index in [4.69, 9.17) is 14.5 Å². The molecule has 3 heterocycles. The molecule has 1 aliphatic heterocycles. The van der Waals surface area contributed by atoms with Crippen molar-refractivity contribution in [2.45, 2.75) is 69.4 Å². The molecule has 3 aliphatic rings. The molecule has 11 heteroatoms.